The minimum Gasteiger partial charge on any atom is -0.353 e. The molecule has 0 aliphatic carbocycles. The van der Waals surface area contributed by atoms with Gasteiger partial charge in [0.25, 0.3) is 0 Å². The summed E-state index contributed by atoms with van der Waals surface area (Å²) in [5.74, 6) is 0. The highest BCUT2D eigenvalue weighted by molar-refractivity contribution is 7.32. The Hall–Kier alpha value is -4.28. The van der Waals surface area contributed by atoms with Gasteiger partial charge in [0.15, 0.2) is 0 Å². The molecule has 8 rings (SSSR count). The molecule has 4 N–H and O–H groups in total. The molecule has 10 heteroatoms. The molecular weight excluding hydrogens is 468 g/mol. The Kier molecular flexibility index (Phi) is 3.31. The number of imidazole rings is 2. The number of benzene rings is 4. The van der Waals surface area contributed by atoms with Crippen LogP contribution in [-0.2, 0) is 0 Å². The van der Waals surface area contributed by atoms with Gasteiger partial charge < -0.3 is 19.9 Å². The largest absolute Gasteiger partial charge is 0.368 e. The van der Waals surface area contributed by atoms with Crippen LogP contribution in [0.2, 0.25) is 0 Å². The van der Waals surface area contributed by atoms with E-state index in [0.717, 1.165) is 62.7 Å². The van der Waals surface area contributed by atoms with Crippen LogP contribution in [0.3, 0.4) is 0 Å². The fourth-order valence-electron chi connectivity index (χ4n) is 4.72. The second kappa shape index (κ2) is 6.19. The molecule has 0 atom stereocenters. The first kappa shape index (κ1) is 18.2. The summed E-state index contributed by atoms with van der Waals surface area (Å²) in [6.07, 6.45) is 0. The molecule has 8 aromatic rings. The monoisotopic (exact) mass is 480 g/mol. The first-order valence-electron chi connectivity index (χ1n) is 10.5. The van der Waals surface area contributed by atoms with Gasteiger partial charge in [0.05, 0.1) is 62.9 Å². The fourth-order valence-corrected chi connectivity index (χ4v) is 7.11. The van der Waals surface area contributed by atoms with Crippen LogP contribution < -0.4 is 11.4 Å². The van der Waals surface area contributed by atoms with E-state index in [4.69, 9.17) is 0 Å². The van der Waals surface area contributed by atoms with Crippen LogP contribution in [-0.4, -0.2) is 29.9 Å². The van der Waals surface area contributed by atoms with E-state index < -0.39 is 5.69 Å². The van der Waals surface area contributed by atoms with Gasteiger partial charge in [0.2, 0.25) is 0 Å². The van der Waals surface area contributed by atoms with Crippen LogP contribution in [0.5, 0.6) is 0 Å². The Balaban J connectivity index is 1.61. The van der Waals surface area contributed by atoms with Gasteiger partial charge in [0.1, 0.15) is 0 Å². The van der Waals surface area contributed by atoms with Crippen molar-refractivity contribution in [3.05, 3.63) is 69.5 Å². The van der Waals surface area contributed by atoms with Crippen molar-refractivity contribution in [2.75, 3.05) is 0 Å². The van der Waals surface area contributed by atoms with Crippen LogP contribution in [0.1, 0.15) is 0 Å². The van der Waals surface area contributed by atoms with Crippen molar-refractivity contribution < 1.29 is 0 Å². The van der Waals surface area contributed by atoms with Crippen LogP contribution in [0.15, 0.2) is 58.1 Å². The molecule has 0 unspecified atom stereocenters. The van der Waals surface area contributed by atoms with Crippen LogP contribution in [0.4, 0.5) is 0 Å². The highest BCUT2D eigenvalue weighted by atomic mass is 32.1. The van der Waals surface area contributed by atoms with Gasteiger partial charge in [-0.05, 0) is 24.3 Å². The molecule has 162 valence electrons. The van der Waals surface area contributed by atoms with Crippen LogP contribution in [0.25, 0.3) is 73.7 Å². The van der Waals surface area contributed by atoms with E-state index >= 15 is 0 Å². The van der Waals surface area contributed by atoms with E-state index in [-0.39, 0.29) is 5.69 Å². The van der Waals surface area contributed by atoms with Crippen molar-refractivity contribution in [3.63, 3.8) is 0 Å². The van der Waals surface area contributed by atoms with E-state index in [2.05, 4.69) is 42.0 Å². The lowest BCUT2D eigenvalue weighted by Gasteiger charge is -2.12. The molecule has 0 fully saturated rings. The Morgan fingerprint density at radius 3 is 1.85 bits per heavy atom. The van der Waals surface area contributed by atoms with Crippen molar-refractivity contribution in [2.45, 2.75) is 0 Å². The lowest BCUT2D eigenvalue weighted by molar-refractivity contribution is 1.21. The second-order valence-electron chi connectivity index (χ2n) is 8.22. The van der Waals surface area contributed by atoms with Gasteiger partial charge in [-0.1, -0.05) is 24.3 Å². The first-order valence-corrected chi connectivity index (χ1v) is 12.1. The summed E-state index contributed by atoms with van der Waals surface area (Å²) >= 11 is 3.34. The number of nitrogens with zero attached hydrogens (tertiary/aromatic N) is 2. The number of H-pyrrole nitrogens is 4. The van der Waals surface area contributed by atoms with E-state index in [1.54, 1.807) is 22.7 Å². The molecular formula is C24H12N6O2S2. The number of fused-ring (bicyclic) bond motifs is 10. The summed E-state index contributed by atoms with van der Waals surface area (Å²) in [4.78, 5) is 44.5. The van der Waals surface area contributed by atoms with E-state index in [9.17, 15) is 9.59 Å². The van der Waals surface area contributed by atoms with Crippen molar-refractivity contribution in [1.29, 1.82) is 0 Å². The quantitative estimate of drug-likeness (QED) is 0.174. The third-order valence-electron chi connectivity index (χ3n) is 6.19. The Morgan fingerprint density at radius 2 is 1.18 bits per heavy atom. The maximum absolute atomic E-state index is 11.8. The average Bonchev–Trinajstić information content (AvgIpc) is 3.38. The second-order valence-corrected chi connectivity index (χ2v) is 10.3. The lowest BCUT2D eigenvalue weighted by Crippen LogP contribution is -1.99. The predicted octanol–water partition coefficient (Wildman–Crippen LogP) is 5.27. The molecule has 34 heavy (non-hydrogen) atoms. The van der Waals surface area contributed by atoms with Gasteiger partial charge in [-0.3, -0.25) is 0 Å². The van der Waals surface area contributed by atoms with Crippen molar-refractivity contribution in [1.82, 2.24) is 29.9 Å². The molecule has 0 bridgehead atoms. The van der Waals surface area contributed by atoms with Gasteiger partial charge in [0, 0.05) is 10.8 Å². The van der Waals surface area contributed by atoms with Crippen molar-refractivity contribution in [2.24, 2.45) is 0 Å². The molecule has 0 aliphatic heterocycles. The minimum atomic E-state index is -0.465. The standard InChI is InChI=1S/C24H12N6O2S2/c31-23-27-11-5-15-17(7-13(11)29-23)33-21-19(25-15)9-3-1-2-4-10(9)20-22(21)34-18-8-14-12(6-16(18)26-20)28-24(32)30-14/h1-8,25-26H,(H2,27,29,31). The van der Waals surface area contributed by atoms with Crippen LogP contribution in [0, 0.1) is 0 Å². The Labute approximate surface area is 195 Å². The Bertz CT molecular complexity index is 2130. The maximum atomic E-state index is 11.8. The zero-order valence-corrected chi connectivity index (χ0v) is 18.8. The van der Waals surface area contributed by atoms with E-state index in [1.807, 2.05) is 36.4 Å². The number of hydrogen-bond donors (Lipinski definition) is 4. The normalized spacial score (nSPS) is 12.4. The first-order chi connectivity index (χ1) is 16.6. The molecule has 4 heterocycles. The summed E-state index contributed by atoms with van der Waals surface area (Å²) in [5.41, 5.74) is 5.99. The number of aromatic amines is 4. The maximum Gasteiger partial charge on any atom is 0.368 e. The molecule has 0 saturated heterocycles. The van der Waals surface area contributed by atoms with Gasteiger partial charge >= 0.3 is 11.4 Å². The SMILES string of the molecule is O=c1nc2cc3[nH]c4c5ccccc5c5[nH]c6cc7[nH]c(=O)[nH]c7cc6sc5c4sc3cc2n1. The van der Waals surface area contributed by atoms with Crippen molar-refractivity contribution in [3.8, 4) is 0 Å². The summed E-state index contributed by atoms with van der Waals surface area (Å²) in [7, 11) is 0. The lowest BCUT2D eigenvalue weighted by atomic mass is 10.1. The van der Waals surface area contributed by atoms with Crippen molar-refractivity contribution >= 4 is 96.4 Å². The molecule has 8 nitrogen and oxygen atoms in total. The van der Waals surface area contributed by atoms with E-state index in [1.165, 1.54) is 0 Å². The van der Waals surface area contributed by atoms with Gasteiger partial charge in [-0.25, -0.2) is 9.59 Å². The molecule has 0 amide bonds. The van der Waals surface area contributed by atoms with E-state index in [0.29, 0.717) is 11.0 Å². The zero-order valence-electron chi connectivity index (χ0n) is 17.1. The summed E-state index contributed by atoms with van der Waals surface area (Å²) in [5, 5.41) is 2.20. The minimum absolute atomic E-state index is 0.220. The molecule has 0 saturated carbocycles. The number of aromatic nitrogens is 6. The summed E-state index contributed by atoms with van der Waals surface area (Å²) in [6, 6.07) is 16.1. The highest BCUT2D eigenvalue weighted by Gasteiger charge is 2.15. The van der Waals surface area contributed by atoms with Gasteiger partial charge in [-0.2, -0.15) is 9.97 Å². The Morgan fingerprint density at radius 1 is 0.618 bits per heavy atom. The summed E-state index contributed by atoms with van der Waals surface area (Å²) in [6.45, 7) is 0. The topological polar surface area (TPSA) is 123 Å². The smallest absolute Gasteiger partial charge is 0.353 e. The molecule has 4 aromatic heterocycles. The number of hydrogen-bond acceptors (Lipinski definition) is 6. The molecule has 0 radical (unpaired) electrons. The fraction of sp³-hybridized carbons (Fsp3) is 0. The predicted molar refractivity (Wildman–Crippen MR) is 139 cm³/mol. The molecule has 4 aromatic carbocycles. The molecule has 0 spiro atoms. The molecule has 0 aliphatic rings. The number of nitrogens with one attached hydrogen (secondary N) is 4. The zero-order chi connectivity index (χ0) is 22.6. The third-order valence-corrected chi connectivity index (χ3v) is 8.66. The third kappa shape index (κ3) is 2.40. The average molecular weight is 481 g/mol. The van der Waals surface area contributed by atoms with Gasteiger partial charge in [-0.15, -0.1) is 22.7 Å². The van der Waals surface area contributed by atoms with Crippen LogP contribution >= 0.6 is 22.7 Å². The number of rotatable bonds is 0. The summed E-state index contributed by atoms with van der Waals surface area (Å²) < 4.78 is 4.25. The highest BCUT2D eigenvalue weighted by Crippen LogP contribution is 2.41.